The average Bonchev–Trinajstić information content (AvgIpc) is 3.46. The Morgan fingerprint density at radius 2 is 1.93 bits per heavy atom. The number of hydrogen-bond donors (Lipinski definition) is 3. The quantitative estimate of drug-likeness (QED) is 0.544. The molecule has 0 atom stereocenters. The van der Waals surface area contributed by atoms with Crippen molar-refractivity contribution < 1.29 is 4.79 Å². The monoisotopic (exact) mass is 410 g/mol. The number of aromatic nitrogens is 5. The third-order valence-corrected chi connectivity index (χ3v) is 5.10. The van der Waals surface area contributed by atoms with Crippen LogP contribution in [0, 0.1) is 12.8 Å². The van der Waals surface area contributed by atoms with Gasteiger partial charge in [-0.1, -0.05) is 0 Å². The zero-order chi connectivity index (χ0) is 20.4. The maximum Gasteiger partial charge on any atom is 0.234 e. The first-order valence-electron chi connectivity index (χ1n) is 9.27. The van der Waals surface area contributed by atoms with Crippen LogP contribution in [-0.2, 0) is 4.79 Å². The zero-order valence-electron chi connectivity index (χ0n) is 16.4. The lowest BCUT2D eigenvalue weighted by Crippen LogP contribution is -2.15. The van der Waals surface area contributed by atoms with Crippen molar-refractivity contribution in [3.8, 4) is 0 Å². The molecule has 1 aliphatic carbocycles. The summed E-state index contributed by atoms with van der Waals surface area (Å²) in [5.74, 6) is 1.90. The Balaban J connectivity index is 1.50. The minimum Gasteiger partial charge on any atom is -0.347 e. The number of aryl methyl sites for hydroxylation is 1. The summed E-state index contributed by atoms with van der Waals surface area (Å²) in [6.07, 6.45) is 1.98. The van der Waals surface area contributed by atoms with Gasteiger partial charge in [0.15, 0.2) is 11.0 Å². The van der Waals surface area contributed by atoms with E-state index in [1.54, 1.807) is 0 Å². The predicted octanol–water partition coefficient (Wildman–Crippen LogP) is 3.21. The third kappa shape index (κ3) is 5.02. The third-order valence-electron chi connectivity index (χ3n) is 4.23. The van der Waals surface area contributed by atoms with Crippen LogP contribution in [0.15, 0.2) is 40.4 Å². The number of benzene rings is 1. The van der Waals surface area contributed by atoms with Crippen LogP contribution in [0.25, 0.3) is 0 Å². The number of amides is 1. The summed E-state index contributed by atoms with van der Waals surface area (Å²) in [6, 6.07) is 9.54. The Labute approximate surface area is 172 Å². The summed E-state index contributed by atoms with van der Waals surface area (Å²) in [5, 5.41) is 13.6. The van der Waals surface area contributed by atoms with Gasteiger partial charge in [-0.2, -0.15) is 20.1 Å². The lowest BCUT2D eigenvalue weighted by molar-refractivity contribution is -0.117. The van der Waals surface area contributed by atoms with Crippen LogP contribution in [0.4, 0.5) is 23.4 Å². The molecule has 0 spiro atoms. The Morgan fingerprint density at radius 3 is 2.55 bits per heavy atom. The van der Waals surface area contributed by atoms with E-state index < -0.39 is 0 Å². The summed E-state index contributed by atoms with van der Waals surface area (Å²) in [5.41, 5.74) is 1.74. The zero-order valence-corrected chi connectivity index (χ0v) is 17.2. The Bertz CT molecular complexity index is 1010. The highest BCUT2D eigenvalue weighted by Gasteiger charge is 2.29. The number of nitrogens with zero attached hydrogens (tertiary/aromatic N) is 5. The molecule has 1 amide bonds. The van der Waals surface area contributed by atoms with Gasteiger partial charge in [-0.3, -0.25) is 9.89 Å². The Morgan fingerprint density at radius 1 is 1.17 bits per heavy atom. The summed E-state index contributed by atoms with van der Waals surface area (Å²) in [7, 11) is 3.76. The Kier molecular flexibility index (Phi) is 5.34. The smallest absolute Gasteiger partial charge is 0.234 e. The van der Waals surface area contributed by atoms with Gasteiger partial charge in [-0.15, -0.1) is 0 Å². The number of carbonyl (C=O) groups is 1. The van der Waals surface area contributed by atoms with Gasteiger partial charge in [0.1, 0.15) is 0 Å². The van der Waals surface area contributed by atoms with Gasteiger partial charge in [-0.05, 0) is 55.8 Å². The van der Waals surface area contributed by atoms with E-state index in [4.69, 9.17) is 0 Å². The van der Waals surface area contributed by atoms with Gasteiger partial charge < -0.3 is 15.5 Å². The molecule has 1 saturated carbocycles. The van der Waals surface area contributed by atoms with Crippen LogP contribution in [-0.4, -0.2) is 45.2 Å². The van der Waals surface area contributed by atoms with E-state index in [1.807, 2.05) is 56.3 Å². The first-order valence-corrected chi connectivity index (χ1v) is 10.1. The molecular formula is C19H22N8OS. The van der Waals surface area contributed by atoms with E-state index in [1.165, 1.54) is 11.8 Å². The maximum absolute atomic E-state index is 11.9. The van der Waals surface area contributed by atoms with Gasteiger partial charge in [0.25, 0.3) is 0 Å². The molecule has 2 heterocycles. The molecule has 3 N–H and O–H groups in total. The largest absolute Gasteiger partial charge is 0.347 e. The minimum absolute atomic E-state index is 0.0998. The summed E-state index contributed by atoms with van der Waals surface area (Å²) in [4.78, 5) is 28.1. The normalized spacial score (nSPS) is 13.2. The molecule has 9 nitrogen and oxygen atoms in total. The van der Waals surface area contributed by atoms with Crippen molar-refractivity contribution in [2.75, 3.05) is 29.6 Å². The lowest BCUT2D eigenvalue weighted by atomic mass is 10.3. The van der Waals surface area contributed by atoms with Gasteiger partial charge in [0.05, 0.1) is 0 Å². The SMILES string of the molecule is Cc1cc(Nc2nc(Sc3ccc(NC(=O)C4CC4)cc3)nc(N(C)C)n2)n[nH]1. The fraction of sp³-hybridized carbons (Fsp3) is 0.316. The average molecular weight is 411 g/mol. The molecule has 1 aliphatic rings. The molecule has 1 aromatic carbocycles. The van der Waals surface area contributed by atoms with E-state index in [0.717, 1.165) is 29.1 Å². The van der Waals surface area contributed by atoms with Crippen LogP contribution in [0.5, 0.6) is 0 Å². The molecule has 150 valence electrons. The highest BCUT2D eigenvalue weighted by Crippen LogP contribution is 2.31. The van der Waals surface area contributed by atoms with Gasteiger partial charge in [-0.25, -0.2) is 0 Å². The molecule has 0 radical (unpaired) electrons. The van der Waals surface area contributed by atoms with E-state index in [9.17, 15) is 4.79 Å². The Hall–Kier alpha value is -3.14. The molecule has 0 saturated heterocycles. The molecule has 2 aromatic heterocycles. The second-order valence-corrected chi connectivity index (χ2v) is 8.13. The first-order chi connectivity index (χ1) is 14.0. The van der Waals surface area contributed by atoms with Crippen molar-refractivity contribution >= 4 is 41.1 Å². The van der Waals surface area contributed by atoms with Crippen molar-refractivity contribution in [1.29, 1.82) is 0 Å². The van der Waals surface area contributed by atoms with Crippen LogP contribution in [0.2, 0.25) is 0 Å². The summed E-state index contributed by atoms with van der Waals surface area (Å²) < 4.78 is 0. The van der Waals surface area contributed by atoms with E-state index in [-0.39, 0.29) is 11.8 Å². The first kappa shape index (κ1) is 19.2. The standard InChI is InChI=1S/C19H22N8OS/c1-11-10-15(26-25-11)21-17-22-18(27(2)3)24-19(23-17)29-14-8-6-13(7-9-14)20-16(28)12-4-5-12/h6-10,12H,4-5H2,1-3H3,(H,20,28)(H2,21,22,23,24,25,26). The highest BCUT2D eigenvalue weighted by molar-refractivity contribution is 7.99. The lowest BCUT2D eigenvalue weighted by Gasteiger charge is -2.13. The molecule has 29 heavy (non-hydrogen) atoms. The fourth-order valence-corrected chi connectivity index (χ4v) is 3.29. The maximum atomic E-state index is 11.9. The van der Waals surface area contributed by atoms with Crippen LogP contribution < -0.4 is 15.5 Å². The molecule has 0 bridgehead atoms. The summed E-state index contributed by atoms with van der Waals surface area (Å²) >= 11 is 1.43. The van der Waals surface area contributed by atoms with E-state index in [0.29, 0.717) is 22.9 Å². The number of hydrogen-bond acceptors (Lipinski definition) is 8. The number of rotatable bonds is 7. The molecule has 0 unspecified atom stereocenters. The number of aromatic amines is 1. The number of nitrogens with one attached hydrogen (secondary N) is 3. The van der Waals surface area contributed by atoms with Crippen molar-refractivity contribution in [2.24, 2.45) is 5.92 Å². The second kappa shape index (κ2) is 8.08. The van der Waals surface area contributed by atoms with E-state index >= 15 is 0 Å². The molecule has 4 rings (SSSR count). The molecule has 0 aliphatic heterocycles. The predicted molar refractivity (Wildman–Crippen MR) is 113 cm³/mol. The van der Waals surface area contributed by atoms with Crippen molar-refractivity contribution in [1.82, 2.24) is 25.1 Å². The number of H-pyrrole nitrogens is 1. The van der Waals surface area contributed by atoms with Crippen molar-refractivity contribution in [3.63, 3.8) is 0 Å². The van der Waals surface area contributed by atoms with E-state index in [2.05, 4.69) is 35.8 Å². The van der Waals surface area contributed by atoms with Gasteiger partial charge in [0.2, 0.25) is 17.8 Å². The molecule has 1 fully saturated rings. The van der Waals surface area contributed by atoms with Crippen molar-refractivity contribution in [2.45, 2.75) is 29.8 Å². The van der Waals surface area contributed by atoms with Gasteiger partial charge >= 0.3 is 0 Å². The van der Waals surface area contributed by atoms with Crippen LogP contribution in [0.1, 0.15) is 18.5 Å². The molecule has 3 aromatic rings. The van der Waals surface area contributed by atoms with Gasteiger partial charge in [0, 0.05) is 42.4 Å². The second-order valence-electron chi connectivity index (χ2n) is 7.09. The minimum atomic E-state index is 0.0998. The fourth-order valence-electron chi connectivity index (χ4n) is 2.55. The molecular weight excluding hydrogens is 388 g/mol. The van der Waals surface area contributed by atoms with Crippen molar-refractivity contribution in [3.05, 3.63) is 36.0 Å². The number of anilines is 4. The topological polar surface area (TPSA) is 112 Å². The van der Waals surface area contributed by atoms with Crippen LogP contribution >= 0.6 is 11.8 Å². The summed E-state index contributed by atoms with van der Waals surface area (Å²) in [6.45, 7) is 1.93. The molecule has 10 heteroatoms. The highest BCUT2D eigenvalue weighted by atomic mass is 32.2. The number of carbonyl (C=O) groups excluding carboxylic acids is 1. The van der Waals surface area contributed by atoms with Crippen LogP contribution in [0.3, 0.4) is 0 Å².